The average molecular weight is 383 g/mol. The highest BCUT2D eigenvalue weighted by molar-refractivity contribution is 7.92. The number of fused-ring (bicyclic) bond motifs is 1. The number of aryl methyl sites for hydroxylation is 1. The van der Waals surface area contributed by atoms with Gasteiger partial charge >= 0.3 is 0 Å². The van der Waals surface area contributed by atoms with Gasteiger partial charge in [0.05, 0.1) is 22.3 Å². The van der Waals surface area contributed by atoms with Crippen LogP contribution in [0.15, 0.2) is 65.6 Å². The largest absolute Gasteiger partial charge is 0.490 e. The fourth-order valence-electron chi connectivity index (χ4n) is 2.82. The van der Waals surface area contributed by atoms with E-state index in [9.17, 15) is 13.2 Å². The van der Waals surface area contributed by atoms with Crippen LogP contribution < -0.4 is 4.72 Å². The normalized spacial score (nSPS) is 14.0. The molecule has 3 rings (SSSR count). The standard InChI is InChI=1S/C21H21NO4S/c1-13(2)26-19-12-15(4)21(23)20-17(19)6-5-7-18(20)22-27(24,25)16-10-8-14(3)9-11-16/h5-13,22H,4H2,1-3H3. The third kappa shape index (κ3) is 3.80. The Morgan fingerprint density at radius 1 is 1.07 bits per heavy atom. The summed E-state index contributed by atoms with van der Waals surface area (Å²) in [4.78, 5) is 12.8. The first-order valence-electron chi connectivity index (χ1n) is 8.54. The molecule has 1 aliphatic rings. The first-order valence-corrected chi connectivity index (χ1v) is 10.0. The highest BCUT2D eigenvalue weighted by atomic mass is 32.2. The Morgan fingerprint density at radius 2 is 1.74 bits per heavy atom. The van der Waals surface area contributed by atoms with Crippen LogP contribution in [0.1, 0.15) is 35.3 Å². The number of ketones is 1. The smallest absolute Gasteiger partial charge is 0.261 e. The molecule has 0 spiro atoms. The number of Topliss-reactive ketones (excluding diaryl/α,β-unsaturated/α-hetero) is 1. The van der Waals surface area contributed by atoms with E-state index < -0.39 is 10.0 Å². The van der Waals surface area contributed by atoms with Gasteiger partial charge in [-0.2, -0.15) is 0 Å². The molecule has 0 atom stereocenters. The van der Waals surface area contributed by atoms with E-state index >= 15 is 0 Å². The molecule has 2 aromatic rings. The van der Waals surface area contributed by atoms with E-state index in [0.29, 0.717) is 11.3 Å². The van der Waals surface area contributed by atoms with E-state index in [4.69, 9.17) is 4.74 Å². The van der Waals surface area contributed by atoms with Gasteiger partial charge < -0.3 is 4.74 Å². The van der Waals surface area contributed by atoms with Crippen LogP contribution >= 0.6 is 0 Å². The number of nitrogens with one attached hydrogen (secondary N) is 1. The van der Waals surface area contributed by atoms with Crippen molar-refractivity contribution in [3.05, 3.63) is 77.4 Å². The predicted octanol–water partition coefficient (Wildman–Crippen LogP) is 4.31. The van der Waals surface area contributed by atoms with Crippen molar-refractivity contribution in [1.29, 1.82) is 0 Å². The Morgan fingerprint density at radius 3 is 2.37 bits per heavy atom. The van der Waals surface area contributed by atoms with E-state index in [2.05, 4.69) is 11.3 Å². The van der Waals surface area contributed by atoms with E-state index in [1.165, 1.54) is 12.1 Å². The zero-order valence-corrected chi connectivity index (χ0v) is 16.3. The second-order valence-electron chi connectivity index (χ2n) is 6.68. The van der Waals surface area contributed by atoms with E-state index in [0.717, 1.165) is 5.56 Å². The van der Waals surface area contributed by atoms with E-state index in [1.54, 1.807) is 36.4 Å². The first kappa shape index (κ1) is 18.9. The number of anilines is 1. The van der Waals surface area contributed by atoms with E-state index in [-0.39, 0.29) is 33.6 Å². The molecule has 5 nitrogen and oxygen atoms in total. The maximum Gasteiger partial charge on any atom is 0.261 e. The molecular weight excluding hydrogens is 362 g/mol. The zero-order chi connectivity index (χ0) is 19.8. The summed E-state index contributed by atoms with van der Waals surface area (Å²) in [6.45, 7) is 9.41. The monoisotopic (exact) mass is 383 g/mol. The van der Waals surface area contributed by atoms with Gasteiger partial charge in [0.15, 0.2) is 5.78 Å². The molecule has 1 aliphatic carbocycles. The maximum absolute atomic E-state index is 12.8. The van der Waals surface area contributed by atoms with Gasteiger partial charge in [-0.25, -0.2) is 8.42 Å². The number of carbonyl (C=O) groups excluding carboxylic acids is 1. The Labute approximate surface area is 159 Å². The number of ether oxygens (including phenoxy) is 1. The van der Waals surface area contributed by atoms with Crippen LogP contribution in [0.3, 0.4) is 0 Å². The molecule has 0 fully saturated rings. The van der Waals surface area contributed by atoms with Gasteiger partial charge in [-0.1, -0.05) is 36.4 Å². The highest BCUT2D eigenvalue weighted by Crippen LogP contribution is 2.35. The minimum Gasteiger partial charge on any atom is -0.490 e. The van der Waals surface area contributed by atoms with Crippen molar-refractivity contribution in [3.63, 3.8) is 0 Å². The summed E-state index contributed by atoms with van der Waals surface area (Å²) in [5.74, 6) is 0.171. The molecule has 2 aromatic carbocycles. The Balaban J connectivity index is 2.06. The molecule has 0 aliphatic heterocycles. The van der Waals surface area contributed by atoms with Crippen molar-refractivity contribution in [1.82, 2.24) is 0 Å². The molecule has 27 heavy (non-hydrogen) atoms. The summed E-state index contributed by atoms with van der Waals surface area (Å²) >= 11 is 0. The number of sulfonamides is 1. The summed E-state index contributed by atoms with van der Waals surface area (Å²) in [5.41, 5.74) is 2.21. The van der Waals surface area contributed by atoms with Crippen molar-refractivity contribution in [2.75, 3.05) is 4.72 Å². The van der Waals surface area contributed by atoms with Gasteiger partial charge in [0.25, 0.3) is 10.0 Å². The lowest BCUT2D eigenvalue weighted by Gasteiger charge is -2.23. The second kappa shape index (κ2) is 7.04. The summed E-state index contributed by atoms with van der Waals surface area (Å²) in [6.07, 6.45) is 1.49. The lowest BCUT2D eigenvalue weighted by atomic mass is 9.90. The number of carbonyl (C=O) groups is 1. The van der Waals surface area contributed by atoms with Gasteiger partial charge in [-0.15, -0.1) is 0 Å². The molecule has 0 amide bonds. The molecular formula is C21H21NO4S. The zero-order valence-electron chi connectivity index (χ0n) is 15.4. The van der Waals surface area contributed by atoms with Crippen molar-refractivity contribution < 1.29 is 17.9 Å². The van der Waals surface area contributed by atoms with Gasteiger partial charge in [0, 0.05) is 11.1 Å². The number of allylic oxidation sites excluding steroid dienone is 2. The Bertz CT molecular complexity index is 1050. The molecule has 140 valence electrons. The van der Waals surface area contributed by atoms with Crippen LogP contribution in [-0.2, 0) is 14.8 Å². The quantitative estimate of drug-likeness (QED) is 0.781. The van der Waals surface area contributed by atoms with E-state index in [1.807, 2.05) is 20.8 Å². The first-order chi connectivity index (χ1) is 12.7. The van der Waals surface area contributed by atoms with Gasteiger partial charge in [0.1, 0.15) is 5.76 Å². The van der Waals surface area contributed by atoms with Gasteiger partial charge in [-0.3, -0.25) is 9.52 Å². The number of benzene rings is 2. The molecule has 0 radical (unpaired) electrons. The molecule has 0 saturated carbocycles. The van der Waals surface area contributed by atoms with Crippen molar-refractivity contribution >= 4 is 27.3 Å². The fraction of sp³-hybridized carbons (Fsp3) is 0.190. The molecule has 0 heterocycles. The van der Waals surface area contributed by atoms with Crippen molar-refractivity contribution in [2.24, 2.45) is 0 Å². The topological polar surface area (TPSA) is 72.5 Å². The fourth-order valence-corrected chi connectivity index (χ4v) is 3.89. The predicted molar refractivity (Wildman–Crippen MR) is 106 cm³/mol. The van der Waals surface area contributed by atoms with Crippen molar-refractivity contribution in [3.8, 4) is 0 Å². The molecule has 1 N–H and O–H groups in total. The lowest BCUT2D eigenvalue weighted by molar-refractivity contribution is 0.103. The summed E-state index contributed by atoms with van der Waals surface area (Å²) in [5, 5.41) is 0. The van der Waals surface area contributed by atoms with Crippen LogP contribution in [-0.4, -0.2) is 20.3 Å². The lowest BCUT2D eigenvalue weighted by Crippen LogP contribution is -2.19. The van der Waals surface area contributed by atoms with Crippen LogP contribution in [0, 0.1) is 6.92 Å². The summed E-state index contributed by atoms with van der Waals surface area (Å²) in [7, 11) is -3.84. The molecule has 0 saturated heterocycles. The highest BCUT2D eigenvalue weighted by Gasteiger charge is 2.28. The molecule has 6 heteroatoms. The van der Waals surface area contributed by atoms with Crippen LogP contribution in [0.25, 0.3) is 5.76 Å². The molecule has 0 unspecified atom stereocenters. The van der Waals surface area contributed by atoms with Crippen LogP contribution in [0.2, 0.25) is 0 Å². The minimum absolute atomic E-state index is 0.0991. The Kier molecular flexibility index (Phi) is 4.93. The van der Waals surface area contributed by atoms with Gasteiger partial charge in [0.2, 0.25) is 0 Å². The summed E-state index contributed by atoms with van der Waals surface area (Å²) in [6, 6.07) is 11.5. The minimum atomic E-state index is -3.84. The van der Waals surface area contributed by atoms with Crippen molar-refractivity contribution in [2.45, 2.75) is 31.8 Å². The number of rotatable bonds is 5. The van der Waals surface area contributed by atoms with Crippen LogP contribution in [0.4, 0.5) is 5.69 Å². The SMILES string of the molecule is C=C1C=C(OC(C)C)c2cccc(NS(=O)(=O)c3ccc(C)cc3)c2C1=O. The Hall–Kier alpha value is -2.86. The average Bonchev–Trinajstić information content (AvgIpc) is 2.59. The maximum atomic E-state index is 12.8. The number of hydrogen-bond acceptors (Lipinski definition) is 4. The summed E-state index contributed by atoms with van der Waals surface area (Å²) < 4.78 is 33.8. The second-order valence-corrected chi connectivity index (χ2v) is 8.36. The molecule has 0 aromatic heterocycles. The number of hydrogen-bond donors (Lipinski definition) is 1. The van der Waals surface area contributed by atoms with Crippen LogP contribution in [0.5, 0.6) is 0 Å². The molecule has 0 bridgehead atoms. The third-order valence-corrected chi connectivity index (χ3v) is 5.47. The third-order valence-electron chi connectivity index (χ3n) is 4.09. The van der Waals surface area contributed by atoms with Gasteiger partial charge in [-0.05, 0) is 45.0 Å².